The number of nitrogen functional groups attached to an aromatic ring is 1. The molecule has 1 aromatic heterocycles. The Morgan fingerprint density at radius 2 is 2.42 bits per heavy atom. The van der Waals surface area contributed by atoms with Crippen LogP contribution in [-0.2, 0) is 0 Å². The molecule has 1 heterocycles. The van der Waals surface area contributed by atoms with Crippen LogP contribution in [-0.4, -0.2) is 16.5 Å². The minimum Gasteiger partial charge on any atom is -0.382 e. The largest absolute Gasteiger partial charge is 0.382 e. The highest BCUT2D eigenvalue weighted by molar-refractivity contribution is 5.38. The van der Waals surface area contributed by atoms with Gasteiger partial charge in [-0.1, -0.05) is 0 Å². The Morgan fingerprint density at radius 3 is 3.08 bits per heavy atom. The number of nitrogens with zero attached hydrogens (tertiary/aromatic N) is 3. The van der Waals surface area contributed by atoms with Crippen molar-refractivity contribution in [3.63, 3.8) is 0 Å². The molecule has 0 saturated heterocycles. The zero-order valence-electron chi connectivity index (χ0n) is 6.49. The van der Waals surface area contributed by atoms with Gasteiger partial charge < -0.3 is 11.1 Å². The molecular weight excluding hydrogens is 154 g/mol. The normalized spacial score (nSPS) is 8.92. The van der Waals surface area contributed by atoms with Crippen molar-refractivity contribution in [2.75, 3.05) is 17.6 Å². The van der Waals surface area contributed by atoms with Crippen LogP contribution < -0.4 is 11.1 Å². The Morgan fingerprint density at radius 1 is 1.58 bits per heavy atom. The molecule has 5 nitrogen and oxygen atoms in total. The maximum atomic E-state index is 8.25. The minimum atomic E-state index is 0.372. The Hall–Kier alpha value is -1.83. The van der Waals surface area contributed by atoms with Gasteiger partial charge in [-0.3, -0.25) is 4.98 Å². The number of nitrogens with two attached hydrogens (primary N) is 1. The third-order valence-electron chi connectivity index (χ3n) is 1.20. The molecule has 0 unspecified atom stereocenters. The quantitative estimate of drug-likeness (QED) is 0.629. The van der Waals surface area contributed by atoms with E-state index in [1.807, 2.05) is 6.07 Å². The average molecular weight is 163 g/mol. The molecule has 62 valence electrons. The summed E-state index contributed by atoms with van der Waals surface area (Å²) in [5.41, 5.74) is 5.38. The highest BCUT2D eigenvalue weighted by Crippen LogP contribution is 2.01. The van der Waals surface area contributed by atoms with Crippen LogP contribution in [0.15, 0.2) is 12.4 Å². The molecule has 0 atom stereocenters. The van der Waals surface area contributed by atoms with E-state index in [0.717, 1.165) is 0 Å². The molecule has 0 radical (unpaired) electrons. The maximum Gasteiger partial charge on any atom is 0.146 e. The molecule has 0 aromatic carbocycles. The number of nitriles is 1. The van der Waals surface area contributed by atoms with Gasteiger partial charge in [0.2, 0.25) is 0 Å². The first-order chi connectivity index (χ1) is 5.83. The second-order valence-corrected chi connectivity index (χ2v) is 2.16. The van der Waals surface area contributed by atoms with E-state index in [1.54, 1.807) is 6.20 Å². The van der Waals surface area contributed by atoms with Crippen LogP contribution >= 0.6 is 0 Å². The van der Waals surface area contributed by atoms with Crippen LogP contribution in [0.2, 0.25) is 0 Å². The molecule has 1 aromatic rings. The van der Waals surface area contributed by atoms with E-state index in [9.17, 15) is 0 Å². The Bertz CT molecular complexity index is 290. The van der Waals surface area contributed by atoms with Crippen LogP contribution in [0.3, 0.4) is 0 Å². The summed E-state index contributed by atoms with van der Waals surface area (Å²) in [4.78, 5) is 7.77. The SMILES string of the molecule is N#CCCNc1cncc(N)n1. The van der Waals surface area contributed by atoms with Crippen molar-refractivity contribution in [3.05, 3.63) is 12.4 Å². The molecule has 12 heavy (non-hydrogen) atoms. The number of nitrogens with one attached hydrogen (secondary N) is 1. The predicted molar refractivity (Wildman–Crippen MR) is 45.2 cm³/mol. The Labute approximate surface area is 70.2 Å². The molecule has 0 saturated carbocycles. The van der Waals surface area contributed by atoms with Crippen molar-refractivity contribution < 1.29 is 0 Å². The molecular formula is C7H9N5. The van der Waals surface area contributed by atoms with Crippen molar-refractivity contribution in [2.45, 2.75) is 6.42 Å². The van der Waals surface area contributed by atoms with E-state index in [-0.39, 0.29) is 0 Å². The summed E-state index contributed by atoms with van der Waals surface area (Å²) in [5.74, 6) is 0.974. The fraction of sp³-hybridized carbons (Fsp3) is 0.286. The third kappa shape index (κ3) is 2.42. The van der Waals surface area contributed by atoms with Gasteiger partial charge in [0, 0.05) is 6.54 Å². The highest BCUT2D eigenvalue weighted by atomic mass is 15.0. The molecule has 3 N–H and O–H groups in total. The van der Waals surface area contributed by atoms with Crippen LogP contribution in [0, 0.1) is 11.3 Å². The first kappa shape index (κ1) is 8.27. The van der Waals surface area contributed by atoms with E-state index >= 15 is 0 Å². The molecule has 0 fully saturated rings. The van der Waals surface area contributed by atoms with Crippen LogP contribution in [0.1, 0.15) is 6.42 Å². The smallest absolute Gasteiger partial charge is 0.146 e. The summed E-state index contributed by atoms with van der Waals surface area (Å²) in [7, 11) is 0. The van der Waals surface area contributed by atoms with Crippen molar-refractivity contribution in [3.8, 4) is 6.07 Å². The van der Waals surface area contributed by atoms with Gasteiger partial charge in [0.1, 0.15) is 11.6 Å². The lowest BCUT2D eigenvalue weighted by Crippen LogP contribution is -2.04. The molecule has 0 bridgehead atoms. The molecule has 1 rings (SSSR count). The molecule has 5 heteroatoms. The number of hydrogen-bond acceptors (Lipinski definition) is 5. The monoisotopic (exact) mass is 163 g/mol. The average Bonchev–Trinajstić information content (AvgIpc) is 2.05. The lowest BCUT2D eigenvalue weighted by molar-refractivity contribution is 1.05. The number of hydrogen-bond donors (Lipinski definition) is 2. The second-order valence-electron chi connectivity index (χ2n) is 2.16. The molecule has 0 aliphatic rings. The van der Waals surface area contributed by atoms with Crippen LogP contribution in [0.5, 0.6) is 0 Å². The lowest BCUT2D eigenvalue weighted by atomic mass is 10.4. The molecule has 0 amide bonds. The Kier molecular flexibility index (Phi) is 2.85. The second kappa shape index (κ2) is 4.13. The fourth-order valence-corrected chi connectivity index (χ4v) is 0.713. The van der Waals surface area contributed by atoms with E-state index in [0.29, 0.717) is 24.6 Å². The summed E-state index contributed by atoms with van der Waals surface area (Å²) >= 11 is 0. The van der Waals surface area contributed by atoms with Gasteiger partial charge in [-0.15, -0.1) is 0 Å². The first-order valence-electron chi connectivity index (χ1n) is 3.51. The van der Waals surface area contributed by atoms with Gasteiger partial charge >= 0.3 is 0 Å². The predicted octanol–water partition coefficient (Wildman–Crippen LogP) is 0.384. The van der Waals surface area contributed by atoms with Crippen LogP contribution in [0.4, 0.5) is 11.6 Å². The third-order valence-corrected chi connectivity index (χ3v) is 1.20. The van der Waals surface area contributed by atoms with Crippen molar-refractivity contribution in [2.24, 2.45) is 0 Å². The summed E-state index contributed by atoms with van der Waals surface area (Å²) in [6, 6.07) is 2.01. The van der Waals surface area contributed by atoms with Gasteiger partial charge in [0.25, 0.3) is 0 Å². The molecule has 0 aliphatic carbocycles. The van der Waals surface area contributed by atoms with Gasteiger partial charge in [-0.25, -0.2) is 4.98 Å². The summed E-state index contributed by atoms with van der Waals surface area (Å²) in [5, 5.41) is 11.2. The van der Waals surface area contributed by atoms with Crippen molar-refractivity contribution in [1.29, 1.82) is 5.26 Å². The van der Waals surface area contributed by atoms with Gasteiger partial charge in [0.15, 0.2) is 0 Å². The number of aromatic nitrogens is 2. The topological polar surface area (TPSA) is 87.6 Å². The van der Waals surface area contributed by atoms with E-state index in [4.69, 9.17) is 11.0 Å². The van der Waals surface area contributed by atoms with Gasteiger partial charge in [-0.05, 0) is 0 Å². The Balaban J connectivity index is 2.48. The first-order valence-corrected chi connectivity index (χ1v) is 3.51. The van der Waals surface area contributed by atoms with E-state index < -0.39 is 0 Å². The van der Waals surface area contributed by atoms with Crippen molar-refractivity contribution in [1.82, 2.24) is 9.97 Å². The zero-order valence-corrected chi connectivity index (χ0v) is 6.49. The number of rotatable bonds is 3. The van der Waals surface area contributed by atoms with Gasteiger partial charge in [-0.2, -0.15) is 5.26 Å². The summed E-state index contributed by atoms with van der Waals surface area (Å²) in [6.07, 6.45) is 3.47. The highest BCUT2D eigenvalue weighted by Gasteiger charge is 1.92. The van der Waals surface area contributed by atoms with E-state index in [2.05, 4.69) is 15.3 Å². The van der Waals surface area contributed by atoms with Gasteiger partial charge in [0.05, 0.1) is 24.9 Å². The lowest BCUT2D eigenvalue weighted by Gasteiger charge is -2.01. The summed E-state index contributed by atoms with van der Waals surface area (Å²) in [6.45, 7) is 0.564. The van der Waals surface area contributed by atoms with Crippen LogP contribution in [0.25, 0.3) is 0 Å². The summed E-state index contributed by atoms with van der Waals surface area (Å²) < 4.78 is 0. The fourth-order valence-electron chi connectivity index (χ4n) is 0.713. The zero-order chi connectivity index (χ0) is 8.81. The number of anilines is 2. The molecule has 0 aliphatic heterocycles. The maximum absolute atomic E-state index is 8.25. The van der Waals surface area contributed by atoms with E-state index in [1.165, 1.54) is 6.20 Å². The minimum absolute atomic E-state index is 0.372. The van der Waals surface area contributed by atoms with Crippen molar-refractivity contribution >= 4 is 11.6 Å². The standard InChI is InChI=1S/C7H9N5/c8-2-1-3-11-7-5-10-4-6(9)12-7/h4-5H,1,3H2,(H3,9,11,12). The molecule has 0 spiro atoms.